The average molecular weight is 293 g/mol. The van der Waals surface area contributed by atoms with Crippen molar-refractivity contribution in [1.29, 1.82) is 5.41 Å². The van der Waals surface area contributed by atoms with E-state index in [9.17, 15) is 0 Å². The van der Waals surface area contributed by atoms with Crippen LogP contribution in [0.25, 0.3) is 0 Å². The molecule has 0 aliphatic carbocycles. The van der Waals surface area contributed by atoms with Crippen molar-refractivity contribution in [1.82, 2.24) is 0 Å². The molecule has 1 aromatic carbocycles. The lowest BCUT2D eigenvalue weighted by atomic mass is 10.1. The van der Waals surface area contributed by atoms with Gasteiger partial charge in [0, 0.05) is 23.7 Å². The summed E-state index contributed by atoms with van der Waals surface area (Å²) in [6.07, 6.45) is 2.03. The number of nitrogens with two attached hydrogens (primary N) is 1. The fourth-order valence-electron chi connectivity index (χ4n) is 2.38. The maximum Gasteiger partial charge on any atom is 0.126 e. The molecule has 4 heteroatoms. The first-order valence-electron chi connectivity index (χ1n) is 7.13. The number of nitrogens with zero attached hydrogens (tertiary/aromatic N) is 1. The minimum atomic E-state index is 0.155. The Balaban J connectivity index is 3.27. The van der Waals surface area contributed by atoms with E-state index in [0.29, 0.717) is 11.8 Å². The summed E-state index contributed by atoms with van der Waals surface area (Å²) in [6.45, 7) is 10.9. The Labute approximate surface area is 127 Å². The van der Waals surface area contributed by atoms with Crippen LogP contribution >= 0.6 is 11.8 Å². The van der Waals surface area contributed by atoms with E-state index in [1.807, 2.05) is 12.3 Å². The van der Waals surface area contributed by atoms with Crippen LogP contribution < -0.4 is 10.6 Å². The molecule has 0 aromatic heterocycles. The third-order valence-electron chi connectivity index (χ3n) is 3.01. The second kappa shape index (κ2) is 7.58. The molecule has 0 heterocycles. The van der Waals surface area contributed by atoms with Gasteiger partial charge in [0.2, 0.25) is 0 Å². The van der Waals surface area contributed by atoms with E-state index in [1.54, 1.807) is 11.8 Å². The van der Waals surface area contributed by atoms with Gasteiger partial charge in [-0.15, -0.1) is 11.8 Å². The van der Waals surface area contributed by atoms with Crippen LogP contribution in [0.2, 0.25) is 0 Å². The first kappa shape index (κ1) is 16.9. The van der Waals surface area contributed by atoms with Crippen LogP contribution in [0.3, 0.4) is 0 Å². The third kappa shape index (κ3) is 4.44. The second-order valence-electron chi connectivity index (χ2n) is 5.96. The van der Waals surface area contributed by atoms with Crippen LogP contribution in [0.5, 0.6) is 0 Å². The van der Waals surface area contributed by atoms with Gasteiger partial charge in [-0.05, 0) is 30.2 Å². The smallest absolute Gasteiger partial charge is 0.126 e. The van der Waals surface area contributed by atoms with E-state index in [0.717, 1.165) is 29.2 Å². The lowest BCUT2D eigenvalue weighted by molar-refractivity contribution is 0.552. The maximum absolute atomic E-state index is 7.92. The number of nitrogen functional groups attached to an aromatic ring is 1. The predicted molar refractivity (Wildman–Crippen MR) is 91.1 cm³/mol. The first-order valence-corrected chi connectivity index (χ1v) is 8.35. The number of thioether (sulfide) groups is 1. The summed E-state index contributed by atoms with van der Waals surface area (Å²) >= 11 is 1.65. The molecule has 0 saturated carbocycles. The van der Waals surface area contributed by atoms with Crippen molar-refractivity contribution in [3.8, 4) is 0 Å². The summed E-state index contributed by atoms with van der Waals surface area (Å²) in [4.78, 5) is 3.44. The Morgan fingerprint density at radius 2 is 1.75 bits per heavy atom. The molecule has 0 radical (unpaired) electrons. The highest BCUT2D eigenvalue weighted by Crippen LogP contribution is 2.30. The standard InChI is InChI=1S/C16H27N3S/c1-11(2)9-19(10-12(3)4)13-7-6-8-14(20-5)15(13)16(17)18/h6-8,11-12H,9-10H2,1-5H3,(H3,17,18). The van der Waals surface area contributed by atoms with Gasteiger partial charge in [-0.3, -0.25) is 5.41 Å². The molecule has 112 valence electrons. The van der Waals surface area contributed by atoms with E-state index in [2.05, 4.69) is 44.7 Å². The molecule has 0 saturated heterocycles. The highest BCUT2D eigenvalue weighted by molar-refractivity contribution is 7.98. The zero-order valence-electron chi connectivity index (χ0n) is 13.2. The average Bonchev–Trinajstić information content (AvgIpc) is 2.35. The van der Waals surface area contributed by atoms with Crippen molar-refractivity contribution < 1.29 is 0 Å². The van der Waals surface area contributed by atoms with Crippen LogP contribution in [-0.2, 0) is 0 Å². The number of rotatable bonds is 7. The summed E-state index contributed by atoms with van der Waals surface area (Å²) in [5.41, 5.74) is 7.80. The number of hydrogen-bond donors (Lipinski definition) is 2. The molecule has 20 heavy (non-hydrogen) atoms. The molecule has 0 fully saturated rings. The zero-order chi connectivity index (χ0) is 15.3. The molecule has 0 atom stereocenters. The van der Waals surface area contributed by atoms with Crippen LogP contribution in [0.1, 0.15) is 33.3 Å². The number of hydrogen-bond acceptors (Lipinski definition) is 3. The van der Waals surface area contributed by atoms with Gasteiger partial charge in [0.05, 0.1) is 5.56 Å². The van der Waals surface area contributed by atoms with Gasteiger partial charge in [0.1, 0.15) is 5.84 Å². The van der Waals surface area contributed by atoms with E-state index in [1.165, 1.54) is 0 Å². The van der Waals surface area contributed by atoms with Crippen molar-refractivity contribution in [2.24, 2.45) is 17.6 Å². The molecule has 1 rings (SSSR count). The topological polar surface area (TPSA) is 53.1 Å². The molecule has 0 aliphatic heterocycles. The summed E-state index contributed by atoms with van der Waals surface area (Å²) in [7, 11) is 0. The normalized spacial score (nSPS) is 11.2. The van der Waals surface area contributed by atoms with Crippen molar-refractivity contribution in [2.45, 2.75) is 32.6 Å². The Hall–Kier alpha value is -1.16. The fourth-order valence-corrected chi connectivity index (χ4v) is 3.01. The quantitative estimate of drug-likeness (QED) is 0.456. The number of nitrogens with one attached hydrogen (secondary N) is 1. The molecule has 3 N–H and O–H groups in total. The first-order chi connectivity index (χ1) is 9.36. The lowest BCUT2D eigenvalue weighted by Gasteiger charge is -2.31. The maximum atomic E-state index is 7.92. The monoisotopic (exact) mass is 293 g/mol. The predicted octanol–water partition coefficient (Wildman–Crippen LogP) is 3.81. The van der Waals surface area contributed by atoms with E-state index < -0.39 is 0 Å². The van der Waals surface area contributed by atoms with Gasteiger partial charge in [0.15, 0.2) is 0 Å². The van der Waals surface area contributed by atoms with Crippen molar-refractivity contribution >= 4 is 23.3 Å². The molecule has 0 bridgehead atoms. The molecular weight excluding hydrogens is 266 g/mol. The van der Waals surface area contributed by atoms with E-state index >= 15 is 0 Å². The zero-order valence-corrected chi connectivity index (χ0v) is 14.1. The SMILES string of the molecule is CSc1cccc(N(CC(C)C)CC(C)C)c1C(=N)N. The molecule has 0 unspecified atom stereocenters. The molecule has 0 aliphatic rings. The minimum absolute atomic E-state index is 0.155. The van der Waals surface area contributed by atoms with Gasteiger partial charge in [-0.2, -0.15) is 0 Å². The van der Waals surface area contributed by atoms with E-state index in [4.69, 9.17) is 11.1 Å². The minimum Gasteiger partial charge on any atom is -0.384 e. The number of anilines is 1. The largest absolute Gasteiger partial charge is 0.384 e. The van der Waals surface area contributed by atoms with Crippen molar-refractivity contribution in [3.63, 3.8) is 0 Å². The molecule has 0 amide bonds. The van der Waals surface area contributed by atoms with Gasteiger partial charge in [-0.25, -0.2) is 0 Å². The second-order valence-corrected chi connectivity index (χ2v) is 6.81. The molecule has 0 spiro atoms. The van der Waals surface area contributed by atoms with Crippen molar-refractivity contribution in [2.75, 3.05) is 24.2 Å². The summed E-state index contributed by atoms with van der Waals surface area (Å²) in [6, 6.07) is 6.18. The Bertz CT molecular complexity index is 445. The van der Waals surface area contributed by atoms with Gasteiger partial charge >= 0.3 is 0 Å². The summed E-state index contributed by atoms with van der Waals surface area (Å²) in [5, 5.41) is 7.92. The molecule has 3 nitrogen and oxygen atoms in total. The van der Waals surface area contributed by atoms with Gasteiger partial charge in [-0.1, -0.05) is 33.8 Å². The Morgan fingerprint density at radius 3 is 2.15 bits per heavy atom. The number of benzene rings is 1. The van der Waals surface area contributed by atoms with Gasteiger partial charge in [0.25, 0.3) is 0 Å². The molecule has 1 aromatic rings. The van der Waals surface area contributed by atoms with Gasteiger partial charge < -0.3 is 10.6 Å². The summed E-state index contributed by atoms with van der Waals surface area (Å²) < 4.78 is 0. The number of amidine groups is 1. The van der Waals surface area contributed by atoms with Crippen LogP contribution in [0, 0.1) is 17.2 Å². The third-order valence-corrected chi connectivity index (χ3v) is 3.79. The van der Waals surface area contributed by atoms with Crippen molar-refractivity contribution in [3.05, 3.63) is 23.8 Å². The fraction of sp³-hybridized carbons (Fsp3) is 0.562. The summed E-state index contributed by atoms with van der Waals surface area (Å²) in [5.74, 6) is 1.31. The Kier molecular flexibility index (Phi) is 6.40. The van der Waals surface area contributed by atoms with Crippen LogP contribution in [0.15, 0.2) is 23.1 Å². The molecular formula is C16H27N3S. The highest BCUT2D eigenvalue weighted by Gasteiger charge is 2.18. The van der Waals surface area contributed by atoms with Crippen LogP contribution in [0.4, 0.5) is 5.69 Å². The highest BCUT2D eigenvalue weighted by atomic mass is 32.2. The lowest BCUT2D eigenvalue weighted by Crippen LogP contribution is -2.33. The van der Waals surface area contributed by atoms with E-state index in [-0.39, 0.29) is 5.84 Å². The Morgan fingerprint density at radius 1 is 1.20 bits per heavy atom. The van der Waals surface area contributed by atoms with Crippen LogP contribution in [-0.4, -0.2) is 25.2 Å².